The van der Waals surface area contributed by atoms with E-state index in [9.17, 15) is 0 Å². The third-order valence-electron chi connectivity index (χ3n) is 2.97. The van der Waals surface area contributed by atoms with Gasteiger partial charge in [-0.25, -0.2) is 0 Å². The standard InChI is InChI=1S/C17H18BrClN2O2/c1-3-8-23-17-13(18)9-12(10-16(17)22-2)11-20-21-15-7-5-4-6-14(15)19/h4-7,9-11,21H,3,8H2,1-2H3/b20-11-. The number of anilines is 1. The molecule has 2 rings (SSSR count). The van der Waals surface area contributed by atoms with Crippen molar-refractivity contribution < 1.29 is 9.47 Å². The fraction of sp³-hybridized carbons (Fsp3) is 0.235. The molecule has 0 fully saturated rings. The smallest absolute Gasteiger partial charge is 0.175 e. The maximum atomic E-state index is 6.07. The molecular weight excluding hydrogens is 380 g/mol. The van der Waals surface area contributed by atoms with Crippen molar-refractivity contribution in [3.8, 4) is 11.5 Å². The fourth-order valence-corrected chi connectivity index (χ4v) is 2.64. The minimum absolute atomic E-state index is 0.617. The van der Waals surface area contributed by atoms with Crippen LogP contribution in [0.4, 0.5) is 5.69 Å². The lowest BCUT2D eigenvalue weighted by Crippen LogP contribution is -2.00. The molecule has 0 spiro atoms. The van der Waals surface area contributed by atoms with Crippen LogP contribution in [-0.2, 0) is 0 Å². The Morgan fingerprint density at radius 2 is 2.09 bits per heavy atom. The number of benzene rings is 2. The molecule has 0 unspecified atom stereocenters. The Balaban J connectivity index is 2.15. The summed E-state index contributed by atoms with van der Waals surface area (Å²) < 4.78 is 11.9. The molecule has 1 N–H and O–H groups in total. The van der Waals surface area contributed by atoms with Gasteiger partial charge < -0.3 is 9.47 Å². The van der Waals surface area contributed by atoms with Crippen molar-refractivity contribution in [2.45, 2.75) is 13.3 Å². The van der Waals surface area contributed by atoms with E-state index in [1.54, 1.807) is 19.4 Å². The number of halogens is 2. The molecule has 0 heterocycles. The van der Waals surface area contributed by atoms with Crippen LogP contribution >= 0.6 is 27.5 Å². The molecule has 0 aliphatic heterocycles. The van der Waals surface area contributed by atoms with Crippen LogP contribution < -0.4 is 14.9 Å². The Bertz CT molecular complexity index is 692. The van der Waals surface area contributed by atoms with E-state index >= 15 is 0 Å². The molecule has 0 amide bonds. The third kappa shape index (κ3) is 4.88. The molecule has 0 aliphatic rings. The highest BCUT2D eigenvalue weighted by molar-refractivity contribution is 9.10. The second kappa shape index (κ2) is 8.79. The van der Waals surface area contributed by atoms with Gasteiger partial charge in [0.2, 0.25) is 0 Å². The van der Waals surface area contributed by atoms with Gasteiger partial charge in [0, 0.05) is 0 Å². The summed E-state index contributed by atoms with van der Waals surface area (Å²) in [5.41, 5.74) is 4.54. The zero-order valence-electron chi connectivity index (χ0n) is 13.0. The number of nitrogens with one attached hydrogen (secondary N) is 1. The molecular formula is C17H18BrClN2O2. The quantitative estimate of drug-likeness (QED) is 0.506. The Labute approximate surface area is 149 Å². The van der Waals surface area contributed by atoms with Crippen LogP contribution in [0.2, 0.25) is 5.02 Å². The van der Waals surface area contributed by atoms with Crippen molar-refractivity contribution in [1.29, 1.82) is 0 Å². The van der Waals surface area contributed by atoms with Gasteiger partial charge in [-0.15, -0.1) is 0 Å². The van der Waals surface area contributed by atoms with Crippen LogP contribution in [0.15, 0.2) is 46.0 Å². The Hall–Kier alpha value is -1.72. The van der Waals surface area contributed by atoms with E-state index in [2.05, 4.69) is 33.4 Å². The van der Waals surface area contributed by atoms with Gasteiger partial charge in [-0.3, -0.25) is 5.43 Å². The highest BCUT2D eigenvalue weighted by atomic mass is 79.9. The molecule has 0 aliphatic carbocycles. The van der Waals surface area contributed by atoms with E-state index < -0.39 is 0 Å². The van der Waals surface area contributed by atoms with E-state index in [1.165, 1.54) is 0 Å². The van der Waals surface area contributed by atoms with Gasteiger partial charge in [-0.2, -0.15) is 5.10 Å². The van der Waals surface area contributed by atoms with Crippen LogP contribution in [0.25, 0.3) is 0 Å². The number of rotatable bonds is 7. The van der Waals surface area contributed by atoms with Crippen LogP contribution in [0.3, 0.4) is 0 Å². The molecule has 0 saturated heterocycles. The van der Waals surface area contributed by atoms with Gasteiger partial charge in [-0.1, -0.05) is 30.7 Å². The highest BCUT2D eigenvalue weighted by Crippen LogP contribution is 2.36. The van der Waals surface area contributed by atoms with Gasteiger partial charge in [-0.05, 0) is 52.2 Å². The molecule has 0 radical (unpaired) electrons. The molecule has 2 aromatic rings. The number of hydrazone groups is 1. The summed E-state index contributed by atoms with van der Waals surface area (Å²) in [4.78, 5) is 0. The fourth-order valence-electron chi connectivity index (χ4n) is 1.89. The van der Waals surface area contributed by atoms with Gasteiger partial charge >= 0.3 is 0 Å². The first-order valence-electron chi connectivity index (χ1n) is 7.19. The zero-order chi connectivity index (χ0) is 16.7. The minimum Gasteiger partial charge on any atom is -0.493 e. The van der Waals surface area contributed by atoms with Gasteiger partial charge in [0.25, 0.3) is 0 Å². The number of hydrogen-bond donors (Lipinski definition) is 1. The summed E-state index contributed by atoms with van der Waals surface area (Å²) >= 11 is 9.58. The molecule has 0 atom stereocenters. The van der Waals surface area contributed by atoms with E-state index in [0.29, 0.717) is 23.1 Å². The Morgan fingerprint density at radius 1 is 1.30 bits per heavy atom. The molecule has 2 aromatic carbocycles. The zero-order valence-corrected chi connectivity index (χ0v) is 15.3. The summed E-state index contributed by atoms with van der Waals surface area (Å²) in [7, 11) is 1.61. The lowest BCUT2D eigenvalue weighted by molar-refractivity contribution is 0.292. The average Bonchev–Trinajstić information content (AvgIpc) is 2.55. The predicted octanol–water partition coefficient (Wildman–Crippen LogP) is 5.35. The lowest BCUT2D eigenvalue weighted by Gasteiger charge is -2.12. The lowest BCUT2D eigenvalue weighted by atomic mass is 10.2. The number of methoxy groups -OCH3 is 1. The predicted molar refractivity (Wildman–Crippen MR) is 99.1 cm³/mol. The van der Waals surface area contributed by atoms with Crippen molar-refractivity contribution in [2.75, 3.05) is 19.1 Å². The summed E-state index contributed by atoms with van der Waals surface area (Å²) in [5, 5.41) is 4.82. The van der Waals surface area contributed by atoms with Crippen molar-refractivity contribution in [1.82, 2.24) is 0 Å². The second-order valence-electron chi connectivity index (χ2n) is 4.73. The first kappa shape index (κ1) is 17.6. The first-order valence-corrected chi connectivity index (χ1v) is 8.36. The number of hydrogen-bond acceptors (Lipinski definition) is 4. The third-order valence-corrected chi connectivity index (χ3v) is 3.89. The number of para-hydroxylation sites is 1. The van der Waals surface area contributed by atoms with Crippen LogP contribution in [0.1, 0.15) is 18.9 Å². The van der Waals surface area contributed by atoms with E-state index in [1.807, 2.05) is 30.3 Å². The summed E-state index contributed by atoms with van der Waals surface area (Å²) in [6.07, 6.45) is 2.63. The summed E-state index contributed by atoms with van der Waals surface area (Å²) in [6, 6.07) is 11.2. The second-order valence-corrected chi connectivity index (χ2v) is 5.99. The van der Waals surface area contributed by atoms with Crippen LogP contribution in [0, 0.1) is 0 Å². The molecule has 0 saturated carbocycles. The molecule has 122 valence electrons. The molecule has 0 bridgehead atoms. The van der Waals surface area contributed by atoms with E-state index in [-0.39, 0.29) is 0 Å². The van der Waals surface area contributed by atoms with Gasteiger partial charge in [0.1, 0.15) is 0 Å². The minimum atomic E-state index is 0.617. The molecule has 23 heavy (non-hydrogen) atoms. The maximum absolute atomic E-state index is 6.07. The van der Waals surface area contributed by atoms with E-state index in [0.717, 1.165) is 22.1 Å². The van der Waals surface area contributed by atoms with Crippen LogP contribution in [-0.4, -0.2) is 19.9 Å². The number of nitrogens with zero attached hydrogens (tertiary/aromatic N) is 1. The summed E-state index contributed by atoms with van der Waals surface area (Å²) in [6.45, 7) is 2.69. The maximum Gasteiger partial charge on any atom is 0.175 e. The average molecular weight is 398 g/mol. The Kier molecular flexibility index (Phi) is 6.74. The van der Waals surface area contributed by atoms with Crippen molar-refractivity contribution in [3.05, 3.63) is 51.5 Å². The van der Waals surface area contributed by atoms with Crippen molar-refractivity contribution in [2.24, 2.45) is 5.10 Å². The van der Waals surface area contributed by atoms with Gasteiger partial charge in [0.05, 0.1) is 35.1 Å². The summed E-state index contributed by atoms with van der Waals surface area (Å²) in [5.74, 6) is 1.36. The first-order chi connectivity index (χ1) is 11.2. The van der Waals surface area contributed by atoms with Crippen molar-refractivity contribution >= 4 is 39.4 Å². The highest BCUT2D eigenvalue weighted by Gasteiger charge is 2.10. The number of ether oxygens (including phenoxy) is 2. The Morgan fingerprint density at radius 3 is 2.78 bits per heavy atom. The van der Waals surface area contributed by atoms with Crippen molar-refractivity contribution in [3.63, 3.8) is 0 Å². The molecule has 4 nitrogen and oxygen atoms in total. The topological polar surface area (TPSA) is 42.8 Å². The van der Waals surface area contributed by atoms with Crippen LogP contribution in [0.5, 0.6) is 11.5 Å². The van der Waals surface area contributed by atoms with E-state index in [4.69, 9.17) is 21.1 Å². The van der Waals surface area contributed by atoms with Gasteiger partial charge in [0.15, 0.2) is 11.5 Å². The molecule has 6 heteroatoms. The molecule has 0 aromatic heterocycles. The largest absolute Gasteiger partial charge is 0.493 e. The SMILES string of the molecule is CCCOc1c(Br)cc(/C=N\Nc2ccccc2Cl)cc1OC. The monoisotopic (exact) mass is 396 g/mol. The normalized spacial score (nSPS) is 10.8.